The van der Waals surface area contributed by atoms with Crippen LogP contribution >= 0.6 is 0 Å². The largest absolute Gasteiger partial charge is 0.396 e. The van der Waals surface area contributed by atoms with Crippen molar-refractivity contribution < 1.29 is 9.50 Å². The molecule has 2 aliphatic heterocycles. The van der Waals surface area contributed by atoms with Crippen molar-refractivity contribution in [3.63, 3.8) is 0 Å². The van der Waals surface area contributed by atoms with E-state index in [0.29, 0.717) is 23.5 Å². The lowest BCUT2D eigenvalue weighted by atomic mass is 9.97. The standard InChI is InChI=1S/C23H25FN6O/c24-18-1-2-19-20(13-18)28-21(14-27-19)29-11-5-17(6-12-29)22-23(26-8-7-25-22)30-9-3-16(15-31)4-10-30/h1-2,5,7-8,13-14,16,31H,3-4,6,9-12,15H2. The Kier molecular flexibility index (Phi) is 5.46. The van der Waals surface area contributed by atoms with Crippen molar-refractivity contribution in [1.82, 2.24) is 19.9 Å². The molecule has 0 radical (unpaired) electrons. The molecule has 7 nitrogen and oxygen atoms in total. The van der Waals surface area contributed by atoms with Crippen LogP contribution < -0.4 is 9.80 Å². The summed E-state index contributed by atoms with van der Waals surface area (Å²) in [4.78, 5) is 22.7. The van der Waals surface area contributed by atoms with E-state index in [4.69, 9.17) is 0 Å². The zero-order valence-electron chi connectivity index (χ0n) is 17.3. The van der Waals surface area contributed by atoms with Crippen molar-refractivity contribution in [2.75, 3.05) is 42.6 Å². The van der Waals surface area contributed by atoms with E-state index >= 15 is 0 Å². The molecule has 2 aromatic heterocycles. The van der Waals surface area contributed by atoms with Crippen LogP contribution in [-0.2, 0) is 0 Å². The van der Waals surface area contributed by atoms with E-state index in [1.807, 2.05) is 0 Å². The van der Waals surface area contributed by atoms with Gasteiger partial charge in [0.15, 0.2) is 5.82 Å². The highest BCUT2D eigenvalue weighted by atomic mass is 19.1. The molecule has 0 unspecified atom stereocenters. The number of rotatable bonds is 4. The van der Waals surface area contributed by atoms with Crippen LogP contribution in [0.1, 0.15) is 25.0 Å². The summed E-state index contributed by atoms with van der Waals surface area (Å²) in [5.74, 6) is 1.76. The highest BCUT2D eigenvalue weighted by molar-refractivity contribution is 5.77. The highest BCUT2D eigenvalue weighted by Crippen LogP contribution is 2.31. The Balaban J connectivity index is 1.35. The fourth-order valence-corrected chi connectivity index (χ4v) is 4.34. The molecule has 31 heavy (non-hydrogen) atoms. The molecule has 0 bridgehead atoms. The Labute approximate surface area is 180 Å². The van der Waals surface area contributed by atoms with Gasteiger partial charge in [0, 0.05) is 51.2 Å². The van der Waals surface area contributed by atoms with Crippen molar-refractivity contribution in [3.05, 3.63) is 54.4 Å². The molecule has 0 aliphatic carbocycles. The van der Waals surface area contributed by atoms with Crippen molar-refractivity contribution in [2.24, 2.45) is 5.92 Å². The lowest BCUT2D eigenvalue weighted by Gasteiger charge is -2.33. The molecule has 160 valence electrons. The first kappa shape index (κ1) is 19.8. The van der Waals surface area contributed by atoms with Crippen molar-refractivity contribution >= 4 is 28.2 Å². The summed E-state index contributed by atoms with van der Waals surface area (Å²) in [6, 6.07) is 4.47. The van der Waals surface area contributed by atoms with Gasteiger partial charge in [-0.3, -0.25) is 9.97 Å². The number of anilines is 2. The van der Waals surface area contributed by atoms with Crippen molar-refractivity contribution in [1.29, 1.82) is 0 Å². The summed E-state index contributed by atoms with van der Waals surface area (Å²) >= 11 is 0. The Morgan fingerprint density at radius 1 is 1.00 bits per heavy atom. The van der Waals surface area contributed by atoms with Gasteiger partial charge in [-0.1, -0.05) is 6.08 Å². The molecule has 0 spiro atoms. The predicted octanol–water partition coefficient (Wildman–Crippen LogP) is 3.06. The van der Waals surface area contributed by atoms with Gasteiger partial charge in [-0.15, -0.1) is 0 Å². The predicted molar refractivity (Wildman–Crippen MR) is 118 cm³/mol. The quantitative estimate of drug-likeness (QED) is 0.695. The summed E-state index contributed by atoms with van der Waals surface area (Å²) in [6.07, 6.45) is 10.2. The average molecular weight is 420 g/mol. The maximum Gasteiger partial charge on any atom is 0.154 e. The normalized spacial score (nSPS) is 17.8. The molecule has 4 heterocycles. The van der Waals surface area contributed by atoms with Gasteiger partial charge in [-0.2, -0.15) is 0 Å². The average Bonchev–Trinajstić information content (AvgIpc) is 2.84. The van der Waals surface area contributed by atoms with Crippen LogP contribution in [0.5, 0.6) is 0 Å². The van der Waals surface area contributed by atoms with Crippen LogP contribution in [0.3, 0.4) is 0 Å². The topological polar surface area (TPSA) is 78.3 Å². The number of aliphatic hydroxyl groups is 1. The van der Waals surface area contributed by atoms with Crippen LogP contribution in [0.15, 0.2) is 42.9 Å². The summed E-state index contributed by atoms with van der Waals surface area (Å²) in [5.41, 5.74) is 3.38. The maximum absolute atomic E-state index is 13.6. The molecule has 0 amide bonds. The summed E-state index contributed by atoms with van der Waals surface area (Å²) in [7, 11) is 0. The summed E-state index contributed by atoms with van der Waals surface area (Å²) < 4.78 is 13.6. The Hall–Kier alpha value is -3.13. The smallest absolute Gasteiger partial charge is 0.154 e. The monoisotopic (exact) mass is 420 g/mol. The second kappa shape index (κ2) is 8.55. The SMILES string of the molecule is OCC1CCN(c2nccnc2C2=CCN(c3cnc4ccc(F)cc4n3)CC2)CC1. The molecule has 5 rings (SSSR count). The van der Waals surface area contributed by atoms with Crippen LogP contribution in [0.2, 0.25) is 0 Å². The molecular weight excluding hydrogens is 395 g/mol. The van der Waals surface area contributed by atoms with Gasteiger partial charge in [0.05, 0.1) is 17.2 Å². The van der Waals surface area contributed by atoms with Gasteiger partial charge in [0.1, 0.15) is 17.3 Å². The van der Waals surface area contributed by atoms with E-state index in [0.717, 1.165) is 56.2 Å². The molecule has 1 N–H and O–H groups in total. The number of hydrogen-bond donors (Lipinski definition) is 1. The molecule has 0 saturated carbocycles. The van der Waals surface area contributed by atoms with E-state index < -0.39 is 0 Å². The van der Waals surface area contributed by atoms with E-state index in [1.54, 1.807) is 24.7 Å². The first-order valence-corrected chi connectivity index (χ1v) is 10.7. The number of hydrogen-bond acceptors (Lipinski definition) is 7. The number of fused-ring (bicyclic) bond motifs is 1. The lowest BCUT2D eigenvalue weighted by molar-refractivity contribution is 0.202. The Morgan fingerprint density at radius 2 is 1.84 bits per heavy atom. The van der Waals surface area contributed by atoms with Crippen LogP contribution in [0.25, 0.3) is 16.6 Å². The molecule has 1 fully saturated rings. The molecular formula is C23H25FN6O. The number of aromatic nitrogens is 4. The second-order valence-corrected chi connectivity index (χ2v) is 8.13. The minimum Gasteiger partial charge on any atom is -0.396 e. The van der Waals surface area contributed by atoms with Gasteiger partial charge in [-0.25, -0.2) is 14.4 Å². The zero-order valence-corrected chi connectivity index (χ0v) is 17.3. The number of piperidine rings is 1. The van der Waals surface area contributed by atoms with E-state index in [-0.39, 0.29) is 12.4 Å². The first-order valence-electron chi connectivity index (χ1n) is 10.7. The van der Waals surface area contributed by atoms with Gasteiger partial charge in [0.2, 0.25) is 0 Å². The Morgan fingerprint density at radius 3 is 2.61 bits per heavy atom. The van der Waals surface area contributed by atoms with Gasteiger partial charge < -0.3 is 14.9 Å². The third kappa shape index (κ3) is 4.07. The van der Waals surface area contributed by atoms with Crippen molar-refractivity contribution in [2.45, 2.75) is 19.3 Å². The van der Waals surface area contributed by atoms with E-state index in [1.165, 1.54) is 17.7 Å². The van der Waals surface area contributed by atoms with Gasteiger partial charge >= 0.3 is 0 Å². The highest BCUT2D eigenvalue weighted by Gasteiger charge is 2.24. The molecule has 0 atom stereocenters. The summed E-state index contributed by atoms with van der Waals surface area (Å²) in [6.45, 7) is 3.50. The van der Waals surface area contributed by atoms with Crippen LogP contribution in [0, 0.1) is 11.7 Å². The number of halogens is 1. The number of benzene rings is 1. The number of nitrogens with zero attached hydrogens (tertiary/aromatic N) is 6. The van der Waals surface area contributed by atoms with Gasteiger partial charge in [-0.05, 0) is 42.9 Å². The molecule has 1 saturated heterocycles. The molecule has 3 aromatic rings. The summed E-state index contributed by atoms with van der Waals surface area (Å²) in [5, 5.41) is 9.41. The van der Waals surface area contributed by atoms with E-state index in [9.17, 15) is 9.50 Å². The molecule has 8 heteroatoms. The first-order chi connectivity index (χ1) is 15.2. The zero-order chi connectivity index (χ0) is 21.2. The number of aliphatic hydroxyl groups excluding tert-OH is 1. The third-order valence-electron chi connectivity index (χ3n) is 6.18. The molecule has 1 aromatic carbocycles. The maximum atomic E-state index is 13.6. The van der Waals surface area contributed by atoms with Crippen LogP contribution in [-0.4, -0.2) is 57.8 Å². The fraction of sp³-hybridized carbons (Fsp3) is 0.391. The minimum atomic E-state index is -0.307. The van der Waals surface area contributed by atoms with Crippen LogP contribution in [0.4, 0.5) is 16.0 Å². The minimum absolute atomic E-state index is 0.256. The second-order valence-electron chi connectivity index (χ2n) is 8.13. The van der Waals surface area contributed by atoms with Gasteiger partial charge in [0.25, 0.3) is 0 Å². The van der Waals surface area contributed by atoms with E-state index in [2.05, 4.69) is 35.8 Å². The molecule has 2 aliphatic rings. The fourth-order valence-electron chi connectivity index (χ4n) is 4.34. The lowest BCUT2D eigenvalue weighted by Crippen LogP contribution is -2.36. The van der Waals surface area contributed by atoms with Crippen molar-refractivity contribution in [3.8, 4) is 0 Å². The third-order valence-corrected chi connectivity index (χ3v) is 6.18. The Bertz CT molecular complexity index is 1110.